The van der Waals surface area contributed by atoms with Crippen molar-refractivity contribution >= 4 is 35.8 Å². The SMILES string of the molecule is CCOCCCNC(=NCC(=O)N(C)C)NCCN1CCCCC1.I. The highest BCUT2D eigenvalue weighted by atomic mass is 127. The monoisotopic (exact) mass is 469 g/mol. The molecule has 0 bridgehead atoms. The lowest BCUT2D eigenvalue weighted by Crippen LogP contribution is -2.43. The van der Waals surface area contributed by atoms with Crippen LogP contribution >= 0.6 is 24.0 Å². The van der Waals surface area contributed by atoms with Gasteiger partial charge in [0.15, 0.2) is 5.96 Å². The Morgan fingerprint density at radius 3 is 2.48 bits per heavy atom. The van der Waals surface area contributed by atoms with Crippen LogP contribution < -0.4 is 10.6 Å². The van der Waals surface area contributed by atoms with Gasteiger partial charge >= 0.3 is 0 Å². The summed E-state index contributed by atoms with van der Waals surface area (Å²) in [4.78, 5) is 20.1. The number of aliphatic imine (C=N–C) groups is 1. The van der Waals surface area contributed by atoms with Gasteiger partial charge in [0, 0.05) is 46.9 Å². The molecule has 0 aromatic heterocycles. The van der Waals surface area contributed by atoms with E-state index in [0.717, 1.165) is 39.3 Å². The van der Waals surface area contributed by atoms with E-state index in [4.69, 9.17) is 4.74 Å². The average Bonchev–Trinajstić information content (AvgIpc) is 2.59. The Morgan fingerprint density at radius 1 is 1.16 bits per heavy atom. The number of nitrogens with one attached hydrogen (secondary N) is 2. The topological polar surface area (TPSA) is 69.2 Å². The Bertz CT molecular complexity index is 374. The third-order valence-corrected chi connectivity index (χ3v) is 4.00. The molecule has 8 heteroatoms. The molecular formula is C17H36IN5O2. The fourth-order valence-corrected chi connectivity index (χ4v) is 2.50. The van der Waals surface area contributed by atoms with Crippen LogP contribution in [0.15, 0.2) is 4.99 Å². The van der Waals surface area contributed by atoms with Crippen molar-refractivity contribution in [3.05, 3.63) is 0 Å². The highest BCUT2D eigenvalue weighted by Gasteiger charge is 2.10. The first-order valence-corrected chi connectivity index (χ1v) is 9.16. The Balaban J connectivity index is 0.00000576. The van der Waals surface area contributed by atoms with Crippen LogP contribution in [-0.4, -0.2) is 88.2 Å². The summed E-state index contributed by atoms with van der Waals surface area (Å²) < 4.78 is 5.34. The summed E-state index contributed by atoms with van der Waals surface area (Å²) in [5, 5.41) is 6.62. The molecule has 0 radical (unpaired) electrons. The molecule has 1 heterocycles. The molecule has 7 nitrogen and oxygen atoms in total. The molecule has 1 aliphatic rings. The van der Waals surface area contributed by atoms with Gasteiger partial charge in [0.1, 0.15) is 6.54 Å². The van der Waals surface area contributed by atoms with Crippen molar-refractivity contribution in [1.29, 1.82) is 0 Å². The molecule has 25 heavy (non-hydrogen) atoms. The van der Waals surface area contributed by atoms with Gasteiger partial charge in [-0.2, -0.15) is 0 Å². The number of guanidine groups is 1. The van der Waals surface area contributed by atoms with Gasteiger partial charge in [-0.15, -0.1) is 24.0 Å². The van der Waals surface area contributed by atoms with Crippen molar-refractivity contribution in [3.63, 3.8) is 0 Å². The number of likely N-dealkylation sites (N-methyl/N-ethyl adjacent to an activating group) is 1. The van der Waals surface area contributed by atoms with Gasteiger partial charge in [-0.3, -0.25) is 4.79 Å². The molecule has 2 N–H and O–H groups in total. The van der Waals surface area contributed by atoms with E-state index < -0.39 is 0 Å². The first-order valence-electron chi connectivity index (χ1n) is 9.16. The predicted molar refractivity (Wildman–Crippen MR) is 114 cm³/mol. The van der Waals surface area contributed by atoms with Gasteiger partial charge in [-0.05, 0) is 39.3 Å². The summed E-state index contributed by atoms with van der Waals surface area (Å²) in [7, 11) is 3.49. The van der Waals surface area contributed by atoms with Crippen LogP contribution in [-0.2, 0) is 9.53 Å². The first-order chi connectivity index (χ1) is 11.6. The summed E-state index contributed by atoms with van der Waals surface area (Å²) in [5.74, 6) is 0.708. The Morgan fingerprint density at radius 2 is 1.84 bits per heavy atom. The Labute approximate surface area is 170 Å². The molecule has 0 aliphatic carbocycles. The number of halogens is 1. The molecule has 0 aromatic carbocycles. The van der Waals surface area contributed by atoms with Gasteiger partial charge in [0.2, 0.25) is 5.91 Å². The standard InChI is InChI=1S/C17H35N5O2.HI/c1-4-24-14-8-9-18-17(20-15-16(23)21(2)3)19-10-13-22-11-6-5-7-12-22;/h4-15H2,1-3H3,(H2,18,19,20);1H. The molecule has 0 spiro atoms. The number of nitrogens with zero attached hydrogens (tertiary/aromatic N) is 3. The smallest absolute Gasteiger partial charge is 0.243 e. The molecule has 1 saturated heterocycles. The normalized spacial score (nSPS) is 15.4. The van der Waals surface area contributed by atoms with Gasteiger partial charge in [-0.1, -0.05) is 6.42 Å². The van der Waals surface area contributed by atoms with Crippen LogP contribution in [0.3, 0.4) is 0 Å². The minimum Gasteiger partial charge on any atom is -0.382 e. The number of likely N-dealkylation sites (tertiary alicyclic amines) is 1. The zero-order chi connectivity index (χ0) is 17.6. The predicted octanol–water partition coefficient (Wildman–Crippen LogP) is 1.14. The van der Waals surface area contributed by atoms with E-state index in [1.165, 1.54) is 32.4 Å². The van der Waals surface area contributed by atoms with E-state index in [1.54, 1.807) is 19.0 Å². The first kappa shape index (κ1) is 24.4. The van der Waals surface area contributed by atoms with E-state index in [2.05, 4.69) is 20.5 Å². The third-order valence-electron chi connectivity index (χ3n) is 4.00. The maximum atomic E-state index is 11.7. The zero-order valence-electron chi connectivity index (χ0n) is 16.1. The van der Waals surface area contributed by atoms with E-state index in [1.807, 2.05) is 6.92 Å². The number of hydrogen-bond acceptors (Lipinski definition) is 4. The molecule has 1 fully saturated rings. The van der Waals surface area contributed by atoms with E-state index in [9.17, 15) is 4.79 Å². The largest absolute Gasteiger partial charge is 0.382 e. The van der Waals surface area contributed by atoms with Crippen molar-refractivity contribution in [2.75, 3.05) is 66.6 Å². The lowest BCUT2D eigenvalue weighted by molar-refractivity contribution is -0.127. The summed E-state index contributed by atoms with van der Waals surface area (Å²) in [6.07, 6.45) is 4.87. The second kappa shape index (κ2) is 15.6. The number of amides is 1. The van der Waals surface area contributed by atoms with Gasteiger partial charge in [0.05, 0.1) is 0 Å². The van der Waals surface area contributed by atoms with Crippen LogP contribution in [0.2, 0.25) is 0 Å². The molecule has 0 unspecified atom stereocenters. The molecular weight excluding hydrogens is 433 g/mol. The average molecular weight is 469 g/mol. The molecule has 1 rings (SSSR count). The summed E-state index contributed by atoms with van der Waals surface area (Å²) in [6, 6.07) is 0. The number of rotatable bonds is 10. The van der Waals surface area contributed by atoms with Crippen LogP contribution in [0, 0.1) is 0 Å². The highest BCUT2D eigenvalue weighted by Crippen LogP contribution is 2.07. The molecule has 148 valence electrons. The van der Waals surface area contributed by atoms with Crippen molar-refractivity contribution < 1.29 is 9.53 Å². The number of hydrogen-bond donors (Lipinski definition) is 2. The zero-order valence-corrected chi connectivity index (χ0v) is 18.4. The molecule has 0 saturated carbocycles. The number of ether oxygens (including phenoxy) is 1. The fraction of sp³-hybridized carbons (Fsp3) is 0.882. The number of carbonyl (C=O) groups excluding carboxylic acids is 1. The van der Waals surface area contributed by atoms with E-state index >= 15 is 0 Å². The molecule has 1 amide bonds. The van der Waals surface area contributed by atoms with E-state index in [-0.39, 0.29) is 36.4 Å². The maximum Gasteiger partial charge on any atom is 0.243 e. The lowest BCUT2D eigenvalue weighted by atomic mass is 10.1. The van der Waals surface area contributed by atoms with Crippen LogP contribution in [0.1, 0.15) is 32.6 Å². The second-order valence-corrected chi connectivity index (χ2v) is 6.26. The van der Waals surface area contributed by atoms with Crippen molar-refractivity contribution in [2.24, 2.45) is 4.99 Å². The van der Waals surface area contributed by atoms with Crippen molar-refractivity contribution in [2.45, 2.75) is 32.6 Å². The maximum absolute atomic E-state index is 11.7. The van der Waals surface area contributed by atoms with Crippen LogP contribution in [0.5, 0.6) is 0 Å². The second-order valence-electron chi connectivity index (χ2n) is 6.26. The minimum absolute atomic E-state index is 0. The highest BCUT2D eigenvalue weighted by molar-refractivity contribution is 14.0. The van der Waals surface area contributed by atoms with Crippen molar-refractivity contribution in [3.8, 4) is 0 Å². The minimum atomic E-state index is 0. The number of carbonyl (C=O) groups is 1. The molecule has 1 aliphatic heterocycles. The summed E-state index contributed by atoms with van der Waals surface area (Å²) in [6.45, 7) is 8.66. The Hall–Kier alpha value is -0.610. The van der Waals surface area contributed by atoms with Gasteiger partial charge < -0.3 is 25.2 Å². The van der Waals surface area contributed by atoms with Crippen molar-refractivity contribution in [1.82, 2.24) is 20.4 Å². The summed E-state index contributed by atoms with van der Waals surface area (Å²) >= 11 is 0. The lowest BCUT2D eigenvalue weighted by Gasteiger charge is -2.26. The summed E-state index contributed by atoms with van der Waals surface area (Å²) in [5.41, 5.74) is 0. The van der Waals surface area contributed by atoms with Gasteiger partial charge in [-0.25, -0.2) is 4.99 Å². The number of piperidine rings is 1. The Kier molecular flexibility index (Phi) is 15.2. The van der Waals surface area contributed by atoms with Crippen LogP contribution in [0.4, 0.5) is 0 Å². The quantitative estimate of drug-likeness (QED) is 0.218. The fourth-order valence-electron chi connectivity index (χ4n) is 2.50. The third kappa shape index (κ3) is 12.4. The van der Waals surface area contributed by atoms with Crippen LogP contribution in [0.25, 0.3) is 0 Å². The molecule has 0 atom stereocenters. The molecule has 0 aromatic rings. The van der Waals surface area contributed by atoms with E-state index in [0.29, 0.717) is 5.96 Å². The van der Waals surface area contributed by atoms with Gasteiger partial charge in [0.25, 0.3) is 0 Å².